The Balaban J connectivity index is 2.15. The van der Waals surface area contributed by atoms with Crippen molar-refractivity contribution in [3.05, 3.63) is 34.9 Å². The van der Waals surface area contributed by atoms with Gasteiger partial charge < -0.3 is 4.90 Å². The number of hydrogen-bond donors (Lipinski definition) is 0. The highest BCUT2D eigenvalue weighted by Crippen LogP contribution is 2.34. The van der Waals surface area contributed by atoms with Gasteiger partial charge in [0.2, 0.25) is 0 Å². The van der Waals surface area contributed by atoms with Crippen LogP contribution in [0.15, 0.2) is 24.3 Å². The Morgan fingerprint density at radius 3 is 2.69 bits per heavy atom. The molecule has 2 atom stereocenters. The SMILES string of the molecule is CN1CC[C@@H](c2ccc(Cl)cc2)[C@@H](CI)C1. The van der Waals surface area contributed by atoms with Crippen LogP contribution in [0.5, 0.6) is 0 Å². The maximum atomic E-state index is 5.93. The third-order valence-corrected chi connectivity index (χ3v) is 4.82. The highest BCUT2D eigenvalue weighted by molar-refractivity contribution is 14.1. The van der Waals surface area contributed by atoms with Crippen molar-refractivity contribution in [3.8, 4) is 0 Å². The van der Waals surface area contributed by atoms with Crippen LogP contribution in [0.3, 0.4) is 0 Å². The van der Waals surface area contributed by atoms with Gasteiger partial charge in [-0.2, -0.15) is 0 Å². The van der Waals surface area contributed by atoms with Gasteiger partial charge in [0.15, 0.2) is 0 Å². The molecule has 1 saturated heterocycles. The van der Waals surface area contributed by atoms with Crippen molar-refractivity contribution >= 4 is 34.2 Å². The standard InChI is InChI=1S/C13H17ClIN/c1-16-7-6-13(11(8-15)9-16)10-2-4-12(14)5-3-10/h2-5,11,13H,6-9H2,1H3/t11-,13-/m0/s1. The molecule has 88 valence electrons. The Morgan fingerprint density at radius 2 is 2.06 bits per heavy atom. The molecule has 0 bridgehead atoms. The van der Waals surface area contributed by atoms with E-state index in [0.29, 0.717) is 5.92 Å². The van der Waals surface area contributed by atoms with Gasteiger partial charge in [0.25, 0.3) is 0 Å². The number of piperidine rings is 1. The van der Waals surface area contributed by atoms with E-state index in [9.17, 15) is 0 Å². The van der Waals surface area contributed by atoms with E-state index in [0.717, 1.165) is 10.9 Å². The lowest BCUT2D eigenvalue weighted by Crippen LogP contribution is -2.37. The molecular formula is C13H17ClIN. The zero-order valence-electron chi connectivity index (χ0n) is 9.50. The van der Waals surface area contributed by atoms with Crippen LogP contribution < -0.4 is 0 Å². The van der Waals surface area contributed by atoms with Crippen molar-refractivity contribution in [2.45, 2.75) is 12.3 Å². The number of rotatable bonds is 2. The van der Waals surface area contributed by atoms with E-state index in [1.807, 2.05) is 12.1 Å². The normalized spacial score (nSPS) is 26.9. The summed E-state index contributed by atoms with van der Waals surface area (Å²) in [4.78, 5) is 2.44. The molecule has 0 aromatic heterocycles. The molecule has 1 aromatic carbocycles. The van der Waals surface area contributed by atoms with Crippen LogP contribution in [0.4, 0.5) is 0 Å². The first kappa shape index (κ1) is 12.7. The Kier molecular flexibility index (Phi) is 4.50. The van der Waals surface area contributed by atoms with Crippen molar-refractivity contribution in [2.24, 2.45) is 5.92 Å². The minimum absolute atomic E-state index is 0.713. The van der Waals surface area contributed by atoms with Gasteiger partial charge in [-0.3, -0.25) is 0 Å². The molecule has 0 unspecified atom stereocenters. The summed E-state index contributed by atoms with van der Waals surface area (Å²) in [6.07, 6.45) is 1.27. The summed E-state index contributed by atoms with van der Waals surface area (Å²) < 4.78 is 1.23. The van der Waals surface area contributed by atoms with Crippen molar-refractivity contribution in [1.82, 2.24) is 4.90 Å². The summed E-state index contributed by atoms with van der Waals surface area (Å²) in [6, 6.07) is 8.41. The van der Waals surface area contributed by atoms with Crippen molar-refractivity contribution in [3.63, 3.8) is 0 Å². The number of likely N-dealkylation sites (tertiary alicyclic amines) is 1. The van der Waals surface area contributed by atoms with Crippen LogP contribution in [0.2, 0.25) is 5.02 Å². The zero-order chi connectivity index (χ0) is 11.5. The smallest absolute Gasteiger partial charge is 0.0406 e. The van der Waals surface area contributed by atoms with Crippen LogP contribution >= 0.6 is 34.2 Å². The quantitative estimate of drug-likeness (QED) is 0.580. The molecule has 1 fully saturated rings. The summed E-state index contributed by atoms with van der Waals surface area (Å²) >= 11 is 8.45. The maximum absolute atomic E-state index is 5.93. The first-order valence-electron chi connectivity index (χ1n) is 5.70. The van der Waals surface area contributed by atoms with Gasteiger partial charge >= 0.3 is 0 Å². The Labute approximate surface area is 116 Å². The molecular weight excluding hydrogens is 333 g/mol. The molecule has 0 amide bonds. The largest absolute Gasteiger partial charge is 0.306 e. The molecule has 1 aromatic rings. The zero-order valence-corrected chi connectivity index (χ0v) is 12.4. The number of hydrogen-bond acceptors (Lipinski definition) is 1. The van der Waals surface area contributed by atoms with Crippen molar-refractivity contribution < 1.29 is 0 Å². The summed E-state index contributed by atoms with van der Waals surface area (Å²) in [5, 5.41) is 0.836. The lowest BCUT2D eigenvalue weighted by atomic mass is 9.82. The minimum atomic E-state index is 0.713. The van der Waals surface area contributed by atoms with Crippen LogP contribution in [-0.2, 0) is 0 Å². The number of halogens is 2. The van der Waals surface area contributed by atoms with E-state index in [2.05, 4.69) is 46.7 Å². The van der Waals surface area contributed by atoms with E-state index >= 15 is 0 Å². The predicted octanol–water partition coefficient (Wildman–Crippen LogP) is 3.81. The fourth-order valence-electron chi connectivity index (χ4n) is 2.52. The molecule has 0 spiro atoms. The van der Waals surface area contributed by atoms with Crippen LogP contribution in [-0.4, -0.2) is 29.5 Å². The first-order chi connectivity index (χ1) is 7.70. The Hall–Kier alpha value is 0.200. The van der Waals surface area contributed by atoms with Gasteiger partial charge in [0.1, 0.15) is 0 Å². The fraction of sp³-hybridized carbons (Fsp3) is 0.538. The maximum Gasteiger partial charge on any atom is 0.0406 e. The molecule has 1 heterocycles. The fourth-order valence-corrected chi connectivity index (χ4v) is 3.54. The molecule has 0 radical (unpaired) electrons. The molecule has 16 heavy (non-hydrogen) atoms. The van der Waals surface area contributed by atoms with Crippen molar-refractivity contribution in [2.75, 3.05) is 24.6 Å². The third kappa shape index (κ3) is 2.90. The predicted molar refractivity (Wildman–Crippen MR) is 78.7 cm³/mol. The number of alkyl halides is 1. The van der Waals surface area contributed by atoms with Crippen molar-refractivity contribution in [1.29, 1.82) is 0 Å². The lowest BCUT2D eigenvalue weighted by molar-refractivity contribution is 0.200. The van der Waals surface area contributed by atoms with E-state index in [1.165, 1.54) is 29.5 Å². The Morgan fingerprint density at radius 1 is 1.38 bits per heavy atom. The molecule has 0 aliphatic carbocycles. The summed E-state index contributed by atoms with van der Waals surface area (Å²) in [5.41, 5.74) is 1.46. The van der Waals surface area contributed by atoms with Gasteiger partial charge in [-0.1, -0.05) is 46.3 Å². The molecule has 0 N–H and O–H groups in total. The molecule has 1 aliphatic heterocycles. The van der Waals surface area contributed by atoms with Gasteiger partial charge in [-0.15, -0.1) is 0 Å². The van der Waals surface area contributed by atoms with Crippen LogP contribution in [0, 0.1) is 5.92 Å². The number of nitrogens with zero attached hydrogens (tertiary/aromatic N) is 1. The van der Waals surface area contributed by atoms with Crippen LogP contribution in [0.25, 0.3) is 0 Å². The summed E-state index contributed by atoms with van der Waals surface area (Å²) in [7, 11) is 2.22. The van der Waals surface area contributed by atoms with E-state index in [4.69, 9.17) is 11.6 Å². The molecule has 1 aliphatic rings. The average Bonchev–Trinajstić information content (AvgIpc) is 2.30. The van der Waals surface area contributed by atoms with Gasteiger partial charge in [-0.25, -0.2) is 0 Å². The van der Waals surface area contributed by atoms with Gasteiger partial charge in [-0.05, 0) is 49.5 Å². The minimum Gasteiger partial charge on any atom is -0.306 e. The second kappa shape index (κ2) is 5.69. The third-order valence-electron chi connectivity index (χ3n) is 3.43. The second-order valence-electron chi connectivity index (χ2n) is 4.62. The van der Waals surface area contributed by atoms with E-state index in [1.54, 1.807) is 0 Å². The summed E-state index contributed by atoms with van der Waals surface area (Å²) in [5.74, 6) is 1.49. The second-order valence-corrected chi connectivity index (χ2v) is 5.94. The van der Waals surface area contributed by atoms with E-state index in [-0.39, 0.29) is 0 Å². The molecule has 1 nitrogen and oxygen atoms in total. The first-order valence-corrected chi connectivity index (χ1v) is 7.61. The molecule has 3 heteroatoms. The molecule has 0 saturated carbocycles. The Bertz CT molecular complexity index is 338. The highest BCUT2D eigenvalue weighted by atomic mass is 127. The summed E-state index contributed by atoms with van der Waals surface area (Å²) in [6.45, 7) is 2.43. The van der Waals surface area contributed by atoms with Gasteiger partial charge in [0, 0.05) is 16.0 Å². The number of benzene rings is 1. The monoisotopic (exact) mass is 349 g/mol. The molecule has 2 rings (SSSR count). The van der Waals surface area contributed by atoms with E-state index < -0.39 is 0 Å². The average molecular weight is 350 g/mol. The lowest BCUT2D eigenvalue weighted by Gasteiger charge is -2.36. The highest BCUT2D eigenvalue weighted by Gasteiger charge is 2.27. The topological polar surface area (TPSA) is 3.24 Å². The van der Waals surface area contributed by atoms with Crippen LogP contribution in [0.1, 0.15) is 17.9 Å². The van der Waals surface area contributed by atoms with Gasteiger partial charge in [0.05, 0.1) is 0 Å².